The maximum atomic E-state index is 4.76. The highest BCUT2D eigenvalue weighted by Crippen LogP contribution is 2.17. The van der Waals surface area contributed by atoms with E-state index in [9.17, 15) is 0 Å². The average Bonchev–Trinajstić information content (AvgIpc) is 3.11. The van der Waals surface area contributed by atoms with E-state index in [0.29, 0.717) is 0 Å². The number of aliphatic imine (C=N–C) groups is 1. The number of imidazole rings is 1. The number of aryl methyl sites for hydroxylation is 2. The molecule has 2 heterocycles. The van der Waals surface area contributed by atoms with Crippen molar-refractivity contribution in [3.8, 4) is 0 Å². The van der Waals surface area contributed by atoms with E-state index < -0.39 is 0 Å². The first kappa shape index (κ1) is 24.0. The Labute approximate surface area is 206 Å². The molecule has 4 rings (SSSR count). The van der Waals surface area contributed by atoms with Crippen molar-refractivity contribution in [1.82, 2.24) is 25.2 Å². The number of fused-ring (bicyclic) bond motifs is 2. The van der Waals surface area contributed by atoms with Crippen molar-refractivity contribution < 1.29 is 0 Å². The van der Waals surface area contributed by atoms with Gasteiger partial charge in [-0.3, -0.25) is 9.98 Å². The van der Waals surface area contributed by atoms with Crippen molar-refractivity contribution >= 4 is 51.9 Å². The van der Waals surface area contributed by atoms with Crippen molar-refractivity contribution in [2.45, 2.75) is 33.2 Å². The van der Waals surface area contributed by atoms with Crippen LogP contribution in [0.2, 0.25) is 0 Å². The van der Waals surface area contributed by atoms with Crippen LogP contribution in [0, 0.1) is 6.92 Å². The Morgan fingerprint density at radius 3 is 2.75 bits per heavy atom. The van der Waals surface area contributed by atoms with Crippen LogP contribution < -0.4 is 10.6 Å². The highest BCUT2D eigenvalue weighted by atomic mass is 127. The van der Waals surface area contributed by atoms with Crippen molar-refractivity contribution in [2.24, 2.45) is 4.99 Å². The van der Waals surface area contributed by atoms with Crippen LogP contribution in [0.3, 0.4) is 0 Å². The van der Waals surface area contributed by atoms with Crippen LogP contribution in [0.5, 0.6) is 0 Å². The second kappa shape index (κ2) is 11.8. The number of benzene rings is 2. The third-order valence-corrected chi connectivity index (χ3v) is 5.40. The fourth-order valence-electron chi connectivity index (χ4n) is 3.92. The van der Waals surface area contributed by atoms with Crippen LogP contribution in [0.15, 0.2) is 65.8 Å². The number of guanidine groups is 1. The van der Waals surface area contributed by atoms with E-state index in [0.717, 1.165) is 61.8 Å². The van der Waals surface area contributed by atoms with Crippen LogP contribution in [0.1, 0.15) is 24.7 Å². The number of para-hydroxylation sites is 3. The summed E-state index contributed by atoms with van der Waals surface area (Å²) in [6.45, 7) is 7.48. The summed E-state index contributed by atoms with van der Waals surface area (Å²) < 4.78 is 2.28. The lowest BCUT2D eigenvalue weighted by Gasteiger charge is -2.12. The number of pyridine rings is 1. The number of nitrogens with one attached hydrogen (secondary N) is 2. The molecular formula is C25H31IN6. The van der Waals surface area contributed by atoms with Gasteiger partial charge in [-0.05, 0) is 50.5 Å². The lowest BCUT2D eigenvalue weighted by Crippen LogP contribution is -2.38. The molecule has 32 heavy (non-hydrogen) atoms. The molecular weight excluding hydrogens is 511 g/mol. The number of hydrogen-bond donors (Lipinski definition) is 2. The molecule has 0 bridgehead atoms. The van der Waals surface area contributed by atoms with Crippen molar-refractivity contribution in [3.05, 3.63) is 72.2 Å². The summed E-state index contributed by atoms with van der Waals surface area (Å²) >= 11 is 0. The van der Waals surface area contributed by atoms with E-state index in [-0.39, 0.29) is 24.0 Å². The molecule has 7 heteroatoms. The normalized spacial score (nSPS) is 11.5. The van der Waals surface area contributed by atoms with Crippen LogP contribution >= 0.6 is 24.0 Å². The quantitative estimate of drug-likeness (QED) is 0.147. The lowest BCUT2D eigenvalue weighted by atomic mass is 10.1. The fraction of sp³-hybridized carbons (Fsp3) is 0.320. The van der Waals surface area contributed by atoms with Crippen molar-refractivity contribution in [1.29, 1.82) is 0 Å². The van der Waals surface area contributed by atoms with E-state index in [1.807, 2.05) is 18.3 Å². The van der Waals surface area contributed by atoms with E-state index in [1.54, 1.807) is 0 Å². The van der Waals surface area contributed by atoms with Crippen LogP contribution in [0.4, 0.5) is 0 Å². The summed E-state index contributed by atoms with van der Waals surface area (Å²) in [7, 11) is 0. The summed E-state index contributed by atoms with van der Waals surface area (Å²) in [5, 5.41) is 7.99. The second-order valence-corrected chi connectivity index (χ2v) is 7.58. The summed E-state index contributed by atoms with van der Waals surface area (Å²) in [4.78, 5) is 14.0. The van der Waals surface area contributed by atoms with Gasteiger partial charge in [-0.1, -0.05) is 36.4 Å². The van der Waals surface area contributed by atoms with Gasteiger partial charge in [-0.15, -0.1) is 24.0 Å². The Bertz CT molecular complexity index is 1180. The van der Waals surface area contributed by atoms with Gasteiger partial charge in [0.25, 0.3) is 0 Å². The molecule has 4 aromatic rings. The predicted octanol–water partition coefficient (Wildman–Crippen LogP) is 4.70. The Hall–Kier alpha value is -2.68. The molecule has 0 saturated carbocycles. The van der Waals surface area contributed by atoms with E-state index in [4.69, 9.17) is 4.99 Å². The minimum Gasteiger partial charge on any atom is -0.357 e. The molecule has 0 radical (unpaired) electrons. The Morgan fingerprint density at radius 1 is 1.03 bits per heavy atom. The van der Waals surface area contributed by atoms with Crippen LogP contribution in [0.25, 0.3) is 21.9 Å². The first-order valence-electron chi connectivity index (χ1n) is 11.0. The molecule has 0 amide bonds. The van der Waals surface area contributed by atoms with Gasteiger partial charge in [0.2, 0.25) is 0 Å². The molecule has 2 aromatic heterocycles. The highest BCUT2D eigenvalue weighted by molar-refractivity contribution is 14.0. The topological polar surface area (TPSA) is 67.1 Å². The third-order valence-electron chi connectivity index (χ3n) is 5.40. The standard InChI is InChI=1S/C25H30N6.HI/c1-3-26-25(29-17-14-21-10-6-9-20-11-7-15-27-24(20)21)28-16-8-18-31-19(2)30-22-12-4-5-13-23(22)31;/h4-7,9-13,15H,3,8,14,16-18H2,1-2H3,(H2,26,28,29);1H. The Kier molecular flexibility index (Phi) is 8.84. The Balaban J connectivity index is 0.00000289. The molecule has 0 saturated heterocycles. The summed E-state index contributed by atoms with van der Waals surface area (Å²) in [5.74, 6) is 1.92. The molecule has 168 valence electrons. The van der Waals surface area contributed by atoms with Gasteiger partial charge in [0.05, 0.1) is 16.6 Å². The maximum Gasteiger partial charge on any atom is 0.191 e. The van der Waals surface area contributed by atoms with Gasteiger partial charge in [0, 0.05) is 37.8 Å². The zero-order chi connectivity index (χ0) is 21.5. The molecule has 2 N–H and O–H groups in total. The molecule has 0 atom stereocenters. The van der Waals surface area contributed by atoms with E-state index >= 15 is 0 Å². The van der Waals surface area contributed by atoms with Crippen LogP contribution in [-0.4, -0.2) is 40.1 Å². The fourth-order valence-corrected chi connectivity index (χ4v) is 3.92. The molecule has 2 aromatic carbocycles. The average molecular weight is 542 g/mol. The van der Waals surface area contributed by atoms with E-state index in [2.05, 4.69) is 81.5 Å². The van der Waals surface area contributed by atoms with E-state index in [1.165, 1.54) is 16.5 Å². The maximum absolute atomic E-state index is 4.76. The van der Waals surface area contributed by atoms with Gasteiger partial charge in [0.15, 0.2) is 5.96 Å². The molecule has 0 unspecified atom stereocenters. The van der Waals surface area contributed by atoms with Gasteiger partial charge in [-0.25, -0.2) is 4.98 Å². The first-order valence-corrected chi connectivity index (χ1v) is 11.0. The molecule has 0 aliphatic rings. The SMILES string of the molecule is CCNC(=NCCCn1c(C)nc2ccccc21)NCCc1cccc2cccnc12.I. The summed E-state index contributed by atoms with van der Waals surface area (Å²) in [6, 6.07) is 18.7. The molecule has 6 nitrogen and oxygen atoms in total. The molecule has 0 spiro atoms. The number of nitrogens with zero attached hydrogens (tertiary/aromatic N) is 4. The largest absolute Gasteiger partial charge is 0.357 e. The van der Waals surface area contributed by atoms with Gasteiger partial charge >= 0.3 is 0 Å². The summed E-state index contributed by atoms with van der Waals surface area (Å²) in [5.41, 5.74) is 4.58. The monoisotopic (exact) mass is 542 g/mol. The van der Waals surface area contributed by atoms with Gasteiger partial charge in [0.1, 0.15) is 5.82 Å². The number of aromatic nitrogens is 3. The van der Waals surface area contributed by atoms with Crippen molar-refractivity contribution in [3.63, 3.8) is 0 Å². The highest BCUT2D eigenvalue weighted by Gasteiger charge is 2.06. The van der Waals surface area contributed by atoms with Crippen LogP contribution in [-0.2, 0) is 13.0 Å². The minimum atomic E-state index is 0. The second-order valence-electron chi connectivity index (χ2n) is 7.58. The van der Waals surface area contributed by atoms with Gasteiger partial charge in [-0.2, -0.15) is 0 Å². The summed E-state index contributed by atoms with van der Waals surface area (Å²) in [6.07, 6.45) is 3.72. The number of halogens is 1. The molecule has 0 aliphatic heterocycles. The third kappa shape index (κ3) is 5.76. The smallest absolute Gasteiger partial charge is 0.191 e. The zero-order valence-corrected chi connectivity index (χ0v) is 21.0. The minimum absolute atomic E-state index is 0. The number of hydrogen-bond acceptors (Lipinski definition) is 3. The van der Waals surface area contributed by atoms with Gasteiger partial charge < -0.3 is 15.2 Å². The Morgan fingerprint density at radius 2 is 1.88 bits per heavy atom. The molecule has 0 fully saturated rings. The predicted molar refractivity (Wildman–Crippen MR) is 144 cm³/mol. The lowest BCUT2D eigenvalue weighted by molar-refractivity contribution is 0.646. The first-order chi connectivity index (χ1) is 15.3. The number of rotatable bonds is 8. The van der Waals surface area contributed by atoms with Crippen molar-refractivity contribution in [2.75, 3.05) is 19.6 Å². The zero-order valence-electron chi connectivity index (χ0n) is 18.7. The molecule has 0 aliphatic carbocycles.